The van der Waals surface area contributed by atoms with E-state index in [1.165, 1.54) is 35.6 Å². The molecule has 1 aromatic rings. The average molecular weight is 311 g/mol. The maximum Gasteiger partial charge on any atom is 0.463 e. The van der Waals surface area contributed by atoms with Crippen LogP contribution in [0, 0.1) is 0 Å². The van der Waals surface area contributed by atoms with Crippen LogP contribution in [0.3, 0.4) is 0 Å². The summed E-state index contributed by atoms with van der Waals surface area (Å²) in [7, 11) is 0.909. The fraction of sp³-hybridized carbons (Fsp3) is 0.333. The Morgan fingerprint density at radius 1 is 1.10 bits per heavy atom. The van der Waals surface area contributed by atoms with E-state index in [0.717, 1.165) is 7.11 Å². The van der Waals surface area contributed by atoms with Crippen LogP contribution in [-0.4, -0.2) is 31.1 Å². The lowest BCUT2D eigenvalue weighted by Crippen LogP contribution is -2.52. The van der Waals surface area contributed by atoms with Gasteiger partial charge >= 0.3 is 24.0 Å². The molecule has 0 heterocycles. The Kier molecular flexibility index (Phi) is 4.87. The van der Waals surface area contributed by atoms with E-state index in [2.05, 4.69) is 4.74 Å². The number of methoxy groups -OCH3 is 1. The summed E-state index contributed by atoms with van der Waals surface area (Å²) in [6.45, 7) is 0. The number of halogens is 5. The molecule has 0 fully saturated rings. The van der Waals surface area contributed by atoms with Crippen LogP contribution in [0.4, 0.5) is 22.0 Å². The molecule has 0 spiro atoms. The number of carbonyl (C=O) groups is 2. The topological polar surface area (TPSA) is 55.4 Å². The number of benzene rings is 1. The third-order valence-electron chi connectivity index (χ3n) is 2.49. The summed E-state index contributed by atoms with van der Waals surface area (Å²) in [6.07, 6.45) is -6.06. The van der Waals surface area contributed by atoms with Crippen molar-refractivity contribution in [2.24, 2.45) is 0 Å². The Hall–Kier alpha value is -2.19. The van der Waals surface area contributed by atoms with Gasteiger partial charge in [0.25, 0.3) is 0 Å². The minimum absolute atomic E-state index is 0.00988. The van der Waals surface area contributed by atoms with Crippen LogP contribution in [0.2, 0.25) is 0 Å². The van der Waals surface area contributed by atoms with Gasteiger partial charge in [0.15, 0.2) is 6.04 Å². The van der Waals surface area contributed by atoms with Crippen molar-refractivity contribution >= 4 is 11.9 Å². The van der Waals surface area contributed by atoms with Gasteiger partial charge in [0.2, 0.25) is 0 Å². The third kappa shape index (κ3) is 3.67. The molecule has 4 nitrogen and oxygen atoms in total. The summed E-state index contributed by atoms with van der Waals surface area (Å²) in [5.41, 5.74) is 0.00988. The van der Waals surface area contributed by atoms with Crippen LogP contribution in [-0.2, 0) is 14.3 Å². The highest BCUT2D eigenvalue weighted by Gasteiger charge is 2.63. The minimum atomic E-state index is -6.06. The number of hydrogen-bond acceptors (Lipinski definition) is 3. The van der Waals surface area contributed by atoms with Gasteiger partial charge in [-0.1, -0.05) is 30.3 Å². The SMILES string of the molecule is COC(=O)C(NC(=O)C(F)(F)C(F)(F)F)c1ccccc1. The predicted octanol–water partition coefficient (Wildman–Crippen LogP) is 2.21. The van der Waals surface area contributed by atoms with Gasteiger partial charge in [-0.2, -0.15) is 22.0 Å². The largest absolute Gasteiger partial charge is 0.467 e. The first-order chi connectivity index (χ1) is 9.61. The predicted molar refractivity (Wildman–Crippen MR) is 60.3 cm³/mol. The van der Waals surface area contributed by atoms with E-state index in [1.54, 1.807) is 0 Å². The van der Waals surface area contributed by atoms with E-state index >= 15 is 0 Å². The number of hydrogen-bond donors (Lipinski definition) is 1. The molecular weight excluding hydrogens is 301 g/mol. The number of alkyl halides is 5. The minimum Gasteiger partial charge on any atom is -0.467 e. The first-order valence-electron chi connectivity index (χ1n) is 5.49. The van der Waals surface area contributed by atoms with Gasteiger partial charge in [-0.15, -0.1) is 0 Å². The second-order valence-corrected chi connectivity index (χ2v) is 3.91. The van der Waals surface area contributed by atoms with Crippen LogP contribution in [0.5, 0.6) is 0 Å². The quantitative estimate of drug-likeness (QED) is 0.685. The smallest absolute Gasteiger partial charge is 0.463 e. The Labute approximate surface area is 115 Å². The van der Waals surface area contributed by atoms with E-state index in [1.807, 2.05) is 0 Å². The zero-order chi connectivity index (χ0) is 16.3. The van der Waals surface area contributed by atoms with Crippen LogP contribution < -0.4 is 5.32 Å². The molecule has 0 saturated carbocycles. The second kappa shape index (κ2) is 6.06. The molecule has 1 aromatic carbocycles. The fourth-order valence-corrected chi connectivity index (χ4v) is 1.39. The number of nitrogens with one attached hydrogen (secondary N) is 1. The molecule has 21 heavy (non-hydrogen) atoms. The second-order valence-electron chi connectivity index (χ2n) is 3.91. The summed E-state index contributed by atoms with van der Waals surface area (Å²) in [6, 6.07) is 5.14. The van der Waals surface area contributed by atoms with Crippen LogP contribution in [0.1, 0.15) is 11.6 Å². The van der Waals surface area contributed by atoms with E-state index in [0.29, 0.717) is 0 Å². The van der Waals surface area contributed by atoms with Crippen molar-refractivity contribution in [3.05, 3.63) is 35.9 Å². The number of rotatable bonds is 4. The number of esters is 1. The molecule has 1 rings (SSSR count). The highest BCUT2D eigenvalue weighted by atomic mass is 19.4. The summed E-state index contributed by atoms with van der Waals surface area (Å²) in [5.74, 6) is -9.42. The van der Waals surface area contributed by atoms with Crippen molar-refractivity contribution in [2.75, 3.05) is 7.11 Å². The molecular formula is C12H10F5NO3. The molecule has 9 heteroatoms. The van der Waals surface area contributed by atoms with Crippen molar-refractivity contribution < 1.29 is 36.3 Å². The van der Waals surface area contributed by atoms with E-state index in [-0.39, 0.29) is 5.56 Å². The van der Waals surface area contributed by atoms with Gasteiger partial charge in [0.05, 0.1) is 7.11 Å². The van der Waals surface area contributed by atoms with E-state index in [4.69, 9.17) is 0 Å². The molecule has 0 aliphatic heterocycles. The summed E-state index contributed by atoms with van der Waals surface area (Å²) < 4.78 is 66.3. The molecule has 0 saturated heterocycles. The highest BCUT2D eigenvalue weighted by molar-refractivity contribution is 5.89. The summed E-state index contributed by atoms with van der Waals surface area (Å²) in [4.78, 5) is 22.6. The lowest BCUT2D eigenvalue weighted by molar-refractivity contribution is -0.270. The zero-order valence-electron chi connectivity index (χ0n) is 10.6. The van der Waals surface area contributed by atoms with Crippen molar-refractivity contribution in [1.82, 2.24) is 5.32 Å². The van der Waals surface area contributed by atoms with Crippen LogP contribution in [0.15, 0.2) is 30.3 Å². The lowest BCUT2D eigenvalue weighted by atomic mass is 10.1. The van der Waals surface area contributed by atoms with E-state index < -0.39 is 30.0 Å². The molecule has 1 atom stereocenters. The normalized spacial score (nSPS) is 13.4. The number of carbonyl (C=O) groups excluding carboxylic acids is 2. The Bertz CT molecular complexity index is 515. The number of ether oxygens (including phenoxy) is 1. The van der Waals surface area contributed by atoms with Gasteiger partial charge in [-0.25, -0.2) is 4.79 Å². The first-order valence-corrected chi connectivity index (χ1v) is 5.49. The monoisotopic (exact) mass is 311 g/mol. The average Bonchev–Trinajstić information content (AvgIpc) is 2.43. The first kappa shape index (κ1) is 16.9. The molecule has 0 aliphatic rings. The van der Waals surface area contributed by atoms with Crippen LogP contribution >= 0.6 is 0 Å². The Morgan fingerprint density at radius 2 is 1.62 bits per heavy atom. The molecule has 0 bridgehead atoms. The van der Waals surface area contributed by atoms with Crippen molar-refractivity contribution in [3.8, 4) is 0 Å². The fourth-order valence-electron chi connectivity index (χ4n) is 1.39. The van der Waals surface area contributed by atoms with Gasteiger partial charge in [-0.3, -0.25) is 4.79 Å². The standard InChI is InChI=1S/C12H10F5NO3/c1-21-9(19)8(7-5-3-2-4-6-7)18-10(20)11(13,14)12(15,16)17/h2-6,8H,1H3,(H,18,20). The third-order valence-corrected chi connectivity index (χ3v) is 2.49. The summed E-state index contributed by atoms with van der Waals surface area (Å²) >= 11 is 0. The molecule has 116 valence electrons. The van der Waals surface area contributed by atoms with Gasteiger partial charge < -0.3 is 10.1 Å². The summed E-state index contributed by atoms with van der Waals surface area (Å²) in [5, 5.41) is 1.35. The number of amides is 1. The molecule has 1 N–H and O–H groups in total. The Balaban J connectivity index is 3.04. The molecule has 0 radical (unpaired) electrons. The maximum absolute atomic E-state index is 12.9. The molecule has 1 amide bonds. The maximum atomic E-state index is 12.9. The van der Waals surface area contributed by atoms with Gasteiger partial charge in [-0.05, 0) is 5.56 Å². The molecule has 0 aliphatic carbocycles. The Morgan fingerprint density at radius 3 is 2.05 bits per heavy atom. The van der Waals surface area contributed by atoms with Crippen molar-refractivity contribution in [3.63, 3.8) is 0 Å². The molecule has 1 unspecified atom stereocenters. The zero-order valence-corrected chi connectivity index (χ0v) is 10.6. The van der Waals surface area contributed by atoms with Gasteiger partial charge in [0.1, 0.15) is 0 Å². The lowest BCUT2D eigenvalue weighted by Gasteiger charge is -2.22. The van der Waals surface area contributed by atoms with Crippen molar-refractivity contribution in [1.29, 1.82) is 0 Å². The van der Waals surface area contributed by atoms with Gasteiger partial charge in [0, 0.05) is 0 Å². The van der Waals surface area contributed by atoms with E-state index in [9.17, 15) is 31.5 Å². The highest BCUT2D eigenvalue weighted by Crippen LogP contribution is 2.36. The van der Waals surface area contributed by atoms with Crippen molar-refractivity contribution in [2.45, 2.75) is 18.1 Å². The molecule has 0 aromatic heterocycles. The van der Waals surface area contributed by atoms with Crippen LogP contribution in [0.25, 0.3) is 0 Å².